The Kier molecular flexibility index (Phi) is 6.49. The first kappa shape index (κ1) is 32.7. The Labute approximate surface area is 347 Å². The molecular formula is C56H32N4O. The summed E-state index contributed by atoms with van der Waals surface area (Å²) in [6.45, 7) is 0. The standard InChI is InChI=1S/C56H32N4O/c1-2-14-34-29-35(26-25-33(34)13-1)54-53-44-21-9-12-24-52(44)61-55(53)58-56(57-54)60-49-23-11-8-20-43(49)47-31-50-46(32-51(47)60)42-19-7-10-22-48(42)59(50)36-27-28-41-39-17-4-3-15-37(39)38-16-5-6-18-40(38)45(41)30-36/h1-32H. The summed E-state index contributed by atoms with van der Waals surface area (Å²) in [7, 11) is 0. The summed E-state index contributed by atoms with van der Waals surface area (Å²) in [6, 6.07) is 69.8. The van der Waals surface area contributed by atoms with Gasteiger partial charge >= 0.3 is 0 Å². The van der Waals surface area contributed by atoms with Gasteiger partial charge in [-0.3, -0.25) is 4.57 Å². The summed E-state index contributed by atoms with van der Waals surface area (Å²) in [5, 5.41) is 16.4. The molecule has 14 aromatic rings. The van der Waals surface area contributed by atoms with Crippen molar-refractivity contribution in [1.82, 2.24) is 19.1 Å². The molecule has 0 unspecified atom stereocenters. The van der Waals surface area contributed by atoms with Gasteiger partial charge in [0.15, 0.2) is 0 Å². The average Bonchev–Trinajstić information content (AvgIpc) is 3.97. The quantitative estimate of drug-likeness (QED) is 0.168. The maximum atomic E-state index is 6.56. The first-order valence-electron chi connectivity index (χ1n) is 20.7. The number of hydrogen-bond donors (Lipinski definition) is 0. The first-order valence-corrected chi connectivity index (χ1v) is 20.7. The molecule has 0 saturated heterocycles. The molecule has 0 aliphatic rings. The maximum Gasteiger partial charge on any atom is 0.238 e. The third-order valence-electron chi connectivity index (χ3n) is 12.9. The summed E-state index contributed by atoms with van der Waals surface area (Å²) in [6.07, 6.45) is 0. The largest absolute Gasteiger partial charge is 0.437 e. The molecule has 10 aromatic carbocycles. The SMILES string of the molecule is c1ccc2cc(-c3nc(-n4c5ccccc5c5cc6c(cc54)c4ccccc4n6-c4ccc5c6ccccc6c6ccccc6c5c4)nc4oc5ccccc5c34)ccc2c1. The molecule has 4 heterocycles. The first-order chi connectivity index (χ1) is 30.2. The van der Waals surface area contributed by atoms with Gasteiger partial charge in [0, 0.05) is 38.2 Å². The Balaban J connectivity index is 1.06. The van der Waals surface area contributed by atoms with Gasteiger partial charge in [0.2, 0.25) is 11.7 Å². The number of furan rings is 1. The highest BCUT2D eigenvalue weighted by molar-refractivity contribution is 6.26. The molecule has 0 bridgehead atoms. The van der Waals surface area contributed by atoms with Crippen molar-refractivity contribution in [2.45, 2.75) is 0 Å². The van der Waals surface area contributed by atoms with Gasteiger partial charge in [0.05, 0.1) is 33.1 Å². The number of para-hydroxylation sites is 3. The van der Waals surface area contributed by atoms with Crippen molar-refractivity contribution in [2.24, 2.45) is 0 Å². The summed E-state index contributed by atoms with van der Waals surface area (Å²) in [5.74, 6) is 0.567. The molecule has 0 aliphatic carbocycles. The normalized spacial score (nSPS) is 12.3. The Morgan fingerprint density at radius 2 is 0.885 bits per heavy atom. The zero-order valence-corrected chi connectivity index (χ0v) is 32.7. The highest BCUT2D eigenvalue weighted by Crippen LogP contribution is 2.43. The number of hydrogen-bond acceptors (Lipinski definition) is 3. The van der Waals surface area contributed by atoms with Gasteiger partial charge in [-0.2, -0.15) is 4.98 Å². The van der Waals surface area contributed by atoms with E-state index >= 15 is 0 Å². The highest BCUT2D eigenvalue weighted by atomic mass is 16.3. The van der Waals surface area contributed by atoms with Gasteiger partial charge in [0.25, 0.3) is 0 Å². The predicted molar refractivity (Wildman–Crippen MR) is 253 cm³/mol. The van der Waals surface area contributed by atoms with Gasteiger partial charge in [-0.05, 0) is 91.6 Å². The highest BCUT2D eigenvalue weighted by Gasteiger charge is 2.23. The lowest BCUT2D eigenvalue weighted by Crippen LogP contribution is -2.03. The van der Waals surface area contributed by atoms with Crippen LogP contribution < -0.4 is 0 Å². The molecule has 0 saturated carbocycles. The molecule has 5 nitrogen and oxygen atoms in total. The van der Waals surface area contributed by atoms with Crippen LogP contribution in [0.3, 0.4) is 0 Å². The van der Waals surface area contributed by atoms with E-state index < -0.39 is 0 Å². The lowest BCUT2D eigenvalue weighted by molar-refractivity contribution is 0.651. The third kappa shape index (κ3) is 4.55. The van der Waals surface area contributed by atoms with Gasteiger partial charge in [-0.15, -0.1) is 0 Å². The molecule has 0 aliphatic heterocycles. The molecule has 61 heavy (non-hydrogen) atoms. The van der Waals surface area contributed by atoms with Crippen LogP contribution in [-0.2, 0) is 0 Å². The minimum absolute atomic E-state index is 0.564. The summed E-state index contributed by atoms with van der Waals surface area (Å²) >= 11 is 0. The lowest BCUT2D eigenvalue weighted by atomic mass is 9.94. The van der Waals surface area contributed by atoms with Gasteiger partial charge < -0.3 is 8.98 Å². The molecule has 0 N–H and O–H groups in total. The second-order valence-corrected chi connectivity index (χ2v) is 16.1. The van der Waals surface area contributed by atoms with Crippen molar-refractivity contribution in [1.29, 1.82) is 0 Å². The van der Waals surface area contributed by atoms with Crippen LogP contribution in [0.4, 0.5) is 0 Å². The summed E-state index contributed by atoms with van der Waals surface area (Å²) in [5.41, 5.74) is 8.71. The monoisotopic (exact) mass is 776 g/mol. The molecule has 0 amide bonds. The van der Waals surface area contributed by atoms with E-state index in [4.69, 9.17) is 14.4 Å². The fraction of sp³-hybridized carbons (Fsp3) is 0. The van der Waals surface area contributed by atoms with E-state index in [0.29, 0.717) is 11.7 Å². The predicted octanol–water partition coefficient (Wildman–Crippen LogP) is 14.8. The smallest absolute Gasteiger partial charge is 0.238 e. The minimum atomic E-state index is 0.564. The molecule has 0 fully saturated rings. The van der Waals surface area contributed by atoms with Gasteiger partial charge in [-0.1, -0.05) is 146 Å². The number of aromatic nitrogens is 4. The van der Waals surface area contributed by atoms with E-state index in [-0.39, 0.29) is 0 Å². The second-order valence-electron chi connectivity index (χ2n) is 16.1. The summed E-state index contributed by atoms with van der Waals surface area (Å²) < 4.78 is 11.2. The van der Waals surface area contributed by atoms with Crippen molar-refractivity contribution < 1.29 is 4.42 Å². The van der Waals surface area contributed by atoms with E-state index in [9.17, 15) is 0 Å². The van der Waals surface area contributed by atoms with Crippen LogP contribution in [-0.4, -0.2) is 19.1 Å². The topological polar surface area (TPSA) is 48.8 Å². The minimum Gasteiger partial charge on any atom is -0.437 e. The van der Waals surface area contributed by atoms with Gasteiger partial charge in [0.1, 0.15) is 5.58 Å². The zero-order chi connectivity index (χ0) is 39.8. The van der Waals surface area contributed by atoms with Crippen molar-refractivity contribution in [3.05, 3.63) is 194 Å². The molecule has 14 rings (SSSR count). The fourth-order valence-corrected chi connectivity index (χ4v) is 10.2. The molecule has 5 heteroatoms. The van der Waals surface area contributed by atoms with Crippen molar-refractivity contribution in [3.63, 3.8) is 0 Å². The van der Waals surface area contributed by atoms with Crippen molar-refractivity contribution in [2.75, 3.05) is 0 Å². The number of rotatable bonds is 3. The number of fused-ring (bicyclic) bond motifs is 16. The van der Waals surface area contributed by atoms with Crippen LogP contribution in [0.15, 0.2) is 199 Å². The van der Waals surface area contributed by atoms with Crippen LogP contribution in [0, 0.1) is 0 Å². The average molecular weight is 777 g/mol. The Morgan fingerprint density at radius 3 is 1.59 bits per heavy atom. The Hall–Kier alpha value is -8.28. The molecule has 0 spiro atoms. The van der Waals surface area contributed by atoms with Crippen molar-refractivity contribution >= 4 is 109 Å². The Morgan fingerprint density at radius 1 is 0.344 bits per heavy atom. The molecule has 4 aromatic heterocycles. The van der Waals surface area contributed by atoms with Crippen molar-refractivity contribution in [3.8, 4) is 22.9 Å². The van der Waals surface area contributed by atoms with Crippen LogP contribution in [0.5, 0.6) is 0 Å². The van der Waals surface area contributed by atoms with Crippen LogP contribution in [0.2, 0.25) is 0 Å². The number of nitrogens with zero attached hydrogens (tertiary/aromatic N) is 4. The maximum absolute atomic E-state index is 6.56. The number of benzene rings is 10. The zero-order valence-electron chi connectivity index (χ0n) is 32.7. The van der Waals surface area contributed by atoms with E-state index in [2.05, 4.69) is 185 Å². The molecule has 0 atom stereocenters. The fourth-order valence-electron chi connectivity index (χ4n) is 10.2. The molecular weight excluding hydrogens is 745 g/mol. The van der Waals surface area contributed by atoms with E-state index in [1.54, 1.807) is 0 Å². The van der Waals surface area contributed by atoms with Gasteiger partial charge in [-0.25, -0.2) is 4.98 Å². The van der Waals surface area contributed by atoms with Crippen LogP contribution in [0.25, 0.3) is 132 Å². The summed E-state index contributed by atoms with van der Waals surface area (Å²) in [4.78, 5) is 10.8. The second kappa shape index (κ2) is 12.1. The molecule has 0 radical (unpaired) electrons. The Bertz CT molecular complexity index is 4150. The van der Waals surface area contributed by atoms with E-state index in [1.165, 1.54) is 43.1 Å². The molecule has 282 valence electrons. The van der Waals surface area contributed by atoms with E-state index in [0.717, 1.165) is 76.9 Å². The lowest BCUT2D eigenvalue weighted by Gasteiger charge is -2.14. The van der Waals surface area contributed by atoms with E-state index in [1.807, 2.05) is 18.2 Å². The third-order valence-corrected chi connectivity index (χ3v) is 12.9. The van der Waals surface area contributed by atoms with Crippen LogP contribution in [0.1, 0.15) is 0 Å². The van der Waals surface area contributed by atoms with Crippen LogP contribution >= 0.6 is 0 Å².